The van der Waals surface area contributed by atoms with Gasteiger partial charge in [-0.3, -0.25) is 9.59 Å². The van der Waals surface area contributed by atoms with Crippen molar-refractivity contribution in [3.8, 4) is 0 Å². The van der Waals surface area contributed by atoms with Crippen LogP contribution in [0, 0.1) is 11.3 Å². The largest absolute Gasteiger partial charge is 0.469 e. The van der Waals surface area contributed by atoms with Crippen molar-refractivity contribution in [3.05, 3.63) is 35.9 Å². The molecule has 0 heterocycles. The maximum atomic E-state index is 12.2. The number of rotatable bonds is 5. The van der Waals surface area contributed by atoms with Gasteiger partial charge in [0.15, 0.2) is 0 Å². The van der Waals surface area contributed by atoms with E-state index in [1.54, 1.807) is 0 Å². The van der Waals surface area contributed by atoms with E-state index in [4.69, 9.17) is 4.74 Å². The number of methoxy groups -OCH3 is 1. The molecule has 1 aromatic rings. The van der Waals surface area contributed by atoms with Gasteiger partial charge < -0.3 is 4.74 Å². The molecule has 2 atom stereocenters. The molecule has 110 valence electrons. The molecular formula is C17H24O3. The highest BCUT2D eigenvalue weighted by atomic mass is 16.5. The number of Topliss-reactive ketones (excluding diaryl/α,β-unsaturated/α-hetero) is 1. The molecule has 20 heavy (non-hydrogen) atoms. The van der Waals surface area contributed by atoms with E-state index in [1.807, 2.05) is 58.0 Å². The Hall–Kier alpha value is -1.64. The number of ether oxygens (including phenoxy) is 1. The molecule has 0 radical (unpaired) electrons. The van der Waals surface area contributed by atoms with Crippen LogP contribution in [0.2, 0.25) is 0 Å². The average Bonchev–Trinajstić information content (AvgIpc) is 2.42. The number of esters is 1. The van der Waals surface area contributed by atoms with E-state index >= 15 is 0 Å². The van der Waals surface area contributed by atoms with Gasteiger partial charge in [-0.15, -0.1) is 0 Å². The zero-order chi connectivity index (χ0) is 15.3. The van der Waals surface area contributed by atoms with Crippen molar-refractivity contribution in [3.63, 3.8) is 0 Å². The summed E-state index contributed by atoms with van der Waals surface area (Å²) >= 11 is 0. The van der Waals surface area contributed by atoms with E-state index in [1.165, 1.54) is 7.11 Å². The molecule has 0 fully saturated rings. The molecule has 0 amide bonds. The Morgan fingerprint density at radius 3 is 2.15 bits per heavy atom. The lowest BCUT2D eigenvalue weighted by Gasteiger charge is -2.25. The van der Waals surface area contributed by atoms with Crippen molar-refractivity contribution < 1.29 is 14.3 Å². The highest BCUT2D eigenvalue weighted by molar-refractivity contribution is 5.88. The zero-order valence-corrected chi connectivity index (χ0v) is 13.0. The molecule has 0 unspecified atom stereocenters. The average molecular weight is 276 g/mol. The van der Waals surface area contributed by atoms with Crippen LogP contribution < -0.4 is 0 Å². The van der Waals surface area contributed by atoms with Gasteiger partial charge in [-0.05, 0) is 11.5 Å². The maximum Gasteiger partial charge on any atom is 0.309 e. The fourth-order valence-electron chi connectivity index (χ4n) is 2.11. The van der Waals surface area contributed by atoms with Crippen molar-refractivity contribution in [1.29, 1.82) is 0 Å². The minimum Gasteiger partial charge on any atom is -0.469 e. The van der Waals surface area contributed by atoms with Gasteiger partial charge in [0.1, 0.15) is 5.78 Å². The Labute approximate surface area is 121 Å². The normalized spacial score (nSPS) is 14.4. The monoisotopic (exact) mass is 276 g/mol. The molecule has 0 saturated heterocycles. The SMILES string of the molecule is COC(=O)[C@@H](CC(=O)C(C)(C)C)[C@H](C)c1ccccc1. The van der Waals surface area contributed by atoms with Crippen molar-refractivity contribution in [2.75, 3.05) is 7.11 Å². The summed E-state index contributed by atoms with van der Waals surface area (Å²) < 4.78 is 4.88. The summed E-state index contributed by atoms with van der Waals surface area (Å²) in [6.45, 7) is 7.58. The molecule has 0 aromatic heterocycles. The number of ketones is 1. The molecule has 0 spiro atoms. The van der Waals surface area contributed by atoms with Crippen LogP contribution in [-0.2, 0) is 14.3 Å². The molecule has 0 aliphatic heterocycles. The third-order valence-electron chi connectivity index (χ3n) is 3.67. The first-order valence-corrected chi connectivity index (χ1v) is 6.93. The quantitative estimate of drug-likeness (QED) is 0.772. The molecule has 3 heteroatoms. The van der Waals surface area contributed by atoms with Crippen molar-refractivity contribution in [1.82, 2.24) is 0 Å². The van der Waals surface area contributed by atoms with E-state index in [9.17, 15) is 9.59 Å². The minimum absolute atomic E-state index is 0.0463. The molecule has 3 nitrogen and oxygen atoms in total. The summed E-state index contributed by atoms with van der Waals surface area (Å²) in [5.74, 6) is -0.723. The Morgan fingerprint density at radius 2 is 1.70 bits per heavy atom. The van der Waals surface area contributed by atoms with E-state index < -0.39 is 11.3 Å². The van der Waals surface area contributed by atoms with Crippen LogP contribution in [0.25, 0.3) is 0 Å². The molecule has 1 aromatic carbocycles. The Morgan fingerprint density at radius 1 is 1.15 bits per heavy atom. The highest BCUT2D eigenvalue weighted by Gasteiger charge is 2.33. The van der Waals surface area contributed by atoms with Crippen LogP contribution in [-0.4, -0.2) is 18.9 Å². The lowest BCUT2D eigenvalue weighted by atomic mass is 9.79. The predicted molar refractivity (Wildman–Crippen MR) is 79.4 cm³/mol. The van der Waals surface area contributed by atoms with Gasteiger partial charge in [0.25, 0.3) is 0 Å². The summed E-state index contributed by atoms with van der Waals surface area (Å²) in [5.41, 5.74) is 0.604. The van der Waals surface area contributed by atoms with Gasteiger partial charge in [0.2, 0.25) is 0 Å². The Bertz CT molecular complexity index is 457. The fourth-order valence-corrected chi connectivity index (χ4v) is 2.11. The van der Waals surface area contributed by atoms with Crippen molar-refractivity contribution in [2.24, 2.45) is 11.3 Å². The second-order valence-electron chi connectivity index (χ2n) is 6.21. The van der Waals surface area contributed by atoms with Gasteiger partial charge in [-0.25, -0.2) is 0 Å². The summed E-state index contributed by atoms with van der Waals surface area (Å²) in [4.78, 5) is 24.2. The smallest absolute Gasteiger partial charge is 0.309 e. The topological polar surface area (TPSA) is 43.4 Å². The number of hydrogen-bond donors (Lipinski definition) is 0. The lowest BCUT2D eigenvalue weighted by molar-refractivity contribution is -0.148. The number of carbonyl (C=O) groups is 2. The number of carbonyl (C=O) groups excluding carboxylic acids is 2. The van der Waals surface area contributed by atoms with Crippen LogP contribution in [0.1, 0.15) is 45.6 Å². The van der Waals surface area contributed by atoms with Crippen molar-refractivity contribution >= 4 is 11.8 Å². The molecular weight excluding hydrogens is 252 g/mol. The minimum atomic E-state index is -0.442. The summed E-state index contributed by atoms with van der Waals surface area (Å²) in [5, 5.41) is 0. The van der Waals surface area contributed by atoms with Gasteiger partial charge in [0.05, 0.1) is 13.0 Å². The molecule has 0 aliphatic carbocycles. The Balaban J connectivity index is 2.96. The zero-order valence-electron chi connectivity index (χ0n) is 13.0. The summed E-state index contributed by atoms with van der Waals surface area (Å²) in [7, 11) is 1.37. The molecule has 1 rings (SSSR count). The standard InChI is InChI=1S/C17H24O3/c1-12(13-9-7-6-8-10-13)14(16(19)20-5)11-15(18)17(2,3)4/h6-10,12,14H,11H2,1-5H3/t12-,14+/m1/s1. The Kier molecular flexibility index (Phi) is 5.49. The van der Waals surface area contributed by atoms with E-state index in [0.717, 1.165) is 5.56 Å². The van der Waals surface area contributed by atoms with Gasteiger partial charge in [-0.1, -0.05) is 58.0 Å². The number of hydrogen-bond acceptors (Lipinski definition) is 3. The van der Waals surface area contributed by atoms with E-state index in [0.29, 0.717) is 0 Å². The molecule has 0 bridgehead atoms. The second kappa shape index (κ2) is 6.69. The highest BCUT2D eigenvalue weighted by Crippen LogP contribution is 2.31. The van der Waals surface area contributed by atoms with E-state index in [-0.39, 0.29) is 24.1 Å². The molecule has 0 saturated carbocycles. The van der Waals surface area contributed by atoms with Crippen LogP contribution in [0.15, 0.2) is 30.3 Å². The first kappa shape index (κ1) is 16.4. The summed E-state index contributed by atoms with van der Waals surface area (Å²) in [6.07, 6.45) is 0.215. The fraction of sp³-hybridized carbons (Fsp3) is 0.529. The lowest BCUT2D eigenvalue weighted by Crippen LogP contribution is -2.30. The first-order valence-electron chi connectivity index (χ1n) is 6.93. The number of benzene rings is 1. The molecule has 0 aliphatic rings. The second-order valence-corrected chi connectivity index (χ2v) is 6.21. The molecule has 0 N–H and O–H groups in total. The van der Waals surface area contributed by atoms with Gasteiger partial charge in [0, 0.05) is 11.8 Å². The van der Waals surface area contributed by atoms with E-state index in [2.05, 4.69) is 0 Å². The van der Waals surface area contributed by atoms with Crippen molar-refractivity contribution in [2.45, 2.75) is 40.0 Å². The predicted octanol–water partition coefficient (Wildman–Crippen LogP) is 3.58. The van der Waals surface area contributed by atoms with Gasteiger partial charge >= 0.3 is 5.97 Å². The van der Waals surface area contributed by atoms with Crippen LogP contribution in [0.5, 0.6) is 0 Å². The van der Waals surface area contributed by atoms with Gasteiger partial charge in [-0.2, -0.15) is 0 Å². The maximum absolute atomic E-state index is 12.2. The third kappa shape index (κ3) is 4.19. The third-order valence-corrected chi connectivity index (χ3v) is 3.67. The van der Waals surface area contributed by atoms with Crippen LogP contribution in [0.4, 0.5) is 0 Å². The summed E-state index contributed by atoms with van der Waals surface area (Å²) in [6, 6.07) is 9.76. The first-order chi connectivity index (χ1) is 9.27. The van der Waals surface area contributed by atoms with Crippen LogP contribution >= 0.6 is 0 Å². The van der Waals surface area contributed by atoms with Crippen LogP contribution in [0.3, 0.4) is 0 Å².